The summed E-state index contributed by atoms with van der Waals surface area (Å²) in [4.78, 5) is 2.41. The summed E-state index contributed by atoms with van der Waals surface area (Å²) in [6.45, 7) is 2.30. The average molecular weight is 235 g/mol. The van der Waals surface area contributed by atoms with E-state index in [0.29, 0.717) is 5.11 Å². The molecule has 4 heteroatoms. The van der Waals surface area contributed by atoms with Gasteiger partial charge in [0.25, 0.3) is 0 Å². The molecule has 0 bridgehead atoms. The lowest BCUT2D eigenvalue weighted by Gasteiger charge is -2.29. The van der Waals surface area contributed by atoms with Crippen LogP contribution in [0.1, 0.15) is 19.3 Å². The highest BCUT2D eigenvalue weighted by atomic mass is 32.1. The van der Waals surface area contributed by atoms with Crippen molar-refractivity contribution in [3.05, 3.63) is 24.3 Å². The van der Waals surface area contributed by atoms with E-state index >= 15 is 0 Å². The number of benzene rings is 1. The monoisotopic (exact) mass is 235 g/mol. The molecule has 1 aliphatic heterocycles. The van der Waals surface area contributed by atoms with Crippen molar-refractivity contribution < 1.29 is 0 Å². The van der Waals surface area contributed by atoms with Crippen LogP contribution in [0.2, 0.25) is 0 Å². The predicted octanol–water partition coefficient (Wildman–Crippen LogP) is 2.33. The second-order valence-electron chi connectivity index (χ2n) is 4.09. The fourth-order valence-corrected chi connectivity index (χ4v) is 2.19. The van der Waals surface area contributed by atoms with Crippen molar-refractivity contribution in [1.82, 2.24) is 0 Å². The highest BCUT2D eigenvalue weighted by Crippen LogP contribution is 2.22. The summed E-state index contributed by atoms with van der Waals surface area (Å²) >= 11 is 4.83. The van der Waals surface area contributed by atoms with E-state index in [-0.39, 0.29) is 0 Å². The van der Waals surface area contributed by atoms with Gasteiger partial charge in [-0.05, 0) is 49.7 Å². The Bertz CT molecular complexity index is 372. The number of piperidine rings is 1. The van der Waals surface area contributed by atoms with Crippen LogP contribution in [0.4, 0.5) is 11.4 Å². The fraction of sp³-hybridized carbons (Fsp3) is 0.417. The van der Waals surface area contributed by atoms with Crippen molar-refractivity contribution >= 4 is 28.7 Å². The molecule has 0 atom stereocenters. The number of nitrogens with zero attached hydrogens (tertiary/aromatic N) is 1. The third-order valence-corrected chi connectivity index (χ3v) is 2.94. The van der Waals surface area contributed by atoms with Gasteiger partial charge in [-0.2, -0.15) is 0 Å². The van der Waals surface area contributed by atoms with Crippen LogP contribution >= 0.6 is 12.2 Å². The Labute approximate surface area is 102 Å². The van der Waals surface area contributed by atoms with Gasteiger partial charge in [-0.15, -0.1) is 0 Å². The quantitative estimate of drug-likeness (QED) is 0.772. The van der Waals surface area contributed by atoms with Crippen molar-refractivity contribution in [2.75, 3.05) is 23.3 Å². The maximum atomic E-state index is 5.46. The number of hydrogen-bond donors (Lipinski definition) is 2. The SMILES string of the molecule is NC(=S)Nc1cccc(N2CCCCC2)c1. The summed E-state index contributed by atoms with van der Waals surface area (Å²) in [5.74, 6) is 0. The zero-order valence-corrected chi connectivity index (χ0v) is 10.1. The van der Waals surface area contributed by atoms with E-state index in [0.717, 1.165) is 18.8 Å². The van der Waals surface area contributed by atoms with Crippen molar-refractivity contribution in [3.8, 4) is 0 Å². The number of hydrogen-bond acceptors (Lipinski definition) is 2. The lowest BCUT2D eigenvalue weighted by Crippen LogP contribution is -2.29. The van der Waals surface area contributed by atoms with Crippen LogP contribution in [0.25, 0.3) is 0 Å². The Kier molecular flexibility index (Phi) is 3.62. The molecule has 1 saturated heterocycles. The van der Waals surface area contributed by atoms with E-state index in [9.17, 15) is 0 Å². The molecule has 1 aromatic rings. The summed E-state index contributed by atoms with van der Waals surface area (Å²) in [5.41, 5.74) is 7.68. The molecule has 0 aliphatic carbocycles. The molecule has 2 rings (SSSR count). The van der Waals surface area contributed by atoms with Crippen molar-refractivity contribution in [2.45, 2.75) is 19.3 Å². The van der Waals surface area contributed by atoms with E-state index < -0.39 is 0 Å². The molecular weight excluding hydrogens is 218 g/mol. The Morgan fingerprint density at radius 1 is 1.25 bits per heavy atom. The molecule has 1 aromatic carbocycles. The van der Waals surface area contributed by atoms with Crippen LogP contribution in [-0.4, -0.2) is 18.2 Å². The zero-order valence-electron chi connectivity index (χ0n) is 9.28. The number of nitrogens with one attached hydrogen (secondary N) is 1. The first-order valence-corrected chi connectivity index (χ1v) is 6.08. The highest BCUT2D eigenvalue weighted by Gasteiger charge is 2.10. The standard InChI is InChI=1S/C12H17N3S/c13-12(16)14-10-5-4-6-11(9-10)15-7-2-1-3-8-15/h4-6,9H,1-3,7-8H2,(H3,13,14,16). The number of nitrogens with two attached hydrogens (primary N) is 1. The minimum absolute atomic E-state index is 0.316. The lowest BCUT2D eigenvalue weighted by atomic mass is 10.1. The molecule has 0 unspecified atom stereocenters. The summed E-state index contributed by atoms with van der Waals surface area (Å²) in [7, 11) is 0. The molecule has 1 heterocycles. The first kappa shape index (κ1) is 11.2. The number of anilines is 2. The van der Waals surface area contributed by atoms with Gasteiger partial charge in [0.15, 0.2) is 5.11 Å². The van der Waals surface area contributed by atoms with E-state index in [1.165, 1.54) is 24.9 Å². The van der Waals surface area contributed by atoms with Gasteiger partial charge in [0.05, 0.1) is 0 Å². The predicted molar refractivity (Wildman–Crippen MR) is 72.9 cm³/mol. The van der Waals surface area contributed by atoms with Crippen LogP contribution < -0.4 is 16.0 Å². The summed E-state index contributed by atoms with van der Waals surface area (Å²) in [6.07, 6.45) is 3.92. The van der Waals surface area contributed by atoms with Gasteiger partial charge in [-0.25, -0.2) is 0 Å². The minimum Gasteiger partial charge on any atom is -0.376 e. The van der Waals surface area contributed by atoms with Crippen LogP contribution in [-0.2, 0) is 0 Å². The molecule has 3 N–H and O–H groups in total. The fourth-order valence-electron chi connectivity index (χ4n) is 2.07. The van der Waals surface area contributed by atoms with E-state index in [2.05, 4.69) is 22.3 Å². The van der Waals surface area contributed by atoms with Crippen LogP contribution in [0.3, 0.4) is 0 Å². The third-order valence-electron chi connectivity index (χ3n) is 2.83. The van der Waals surface area contributed by atoms with Gasteiger partial charge in [-0.3, -0.25) is 0 Å². The first-order valence-electron chi connectivity index (χ1n) is 5.67. The second kappa shape index (κ2) is 5.16. The molecule has 86 valence electrons. The number of thiocarbonyl (C=S) groups is 1. The Morgan fingerprint density at radius 2 is 2.00 bits per heavy atom. The van der Waals surface area contributed by atoms with Gasteiger partial charge in [-0.1, -0.05) is 6.07 Å². The normalized spacial score (nSPS) is 15.9. The molecule has 0 amide bonds. The molecule has 0 aromatic heterocycles. The Morgan fingerprint density at radius 3 is 2.69 bits per heavy atom. The molecule has 0 spiro atoms. The first-order chi connectivity index (χ1) is 7.75. The summed E-state index contributed by atoms with van der Waals surface area (Å²) in [5, 5.41) is 3.28. The molecule has 1 aliphatic rings. The molecule has 3 nitrogen and oxygen atoms in total. The van der Waals surface area contributed by atoms with Gasteiger partial charge < -0.3 is 16.0 Å². The zero-order chi connectivity index (χ0) is 11.4. The van der Waals surface area contributed by atoms with Gasteiger partial charge in [0, 0.05) is 24.5 Å². The van der Waals surface area contributed by atoms with E-state index in [1.807, 2.05) is 12.1 Å². The topological polar surface area (TPSA) is 41.3 Å². The maximum absolute atomic E-state index is 5.46. The molecule has 0 saturated carbocycles. The smallest absolute Gasteiger partial charge is 0.168 e. The van der Waals surface area contributed by atoms with Crippen molar-refractivity contribution in [3.63, 3.8) is 0 Å². The van der Waals surface area contributed by atoms with Gasteiger partial charge in [0.2, 0.25) is 0 Å². The van der Waals surface area contributed by atoms with Crippen LogP contribution in [0.15, 0.2) is 24.3 Å². The number of rotatable bonds is 2. The van der Waals surface area contributed by atoms with Crippen molar-refractivity contribution in [1.29, 1.82) is 0 Å². The van der Waals surface area contributed by atoms with Gasteiger partial charge >= 0.3 is 0 Å². The molecule has 1 fully saturated rings. The van der Waals surface area contributed by atoms with E-state index in [1.54, 1.807) is 0 Å². The Hall–Kier alpha value is -1.29. The largest absolute Gasteiger partial charge is 0.376 e. The highest BCUT2D eigenvalue weighted by molar-refractivity contribution is 7.80. The molecule has 16 heavy (non-hydrogen) atoms. The van der Waals surface area contributed by atoms with Gasteiger partial charge in [0.1, 0.15) is 0 Å². The maximum Gasteiger partial charge on any atom is 0.168 e. The summed E-state index contributed by atoms with van der Waals surface area (Å²) in [6, 6.07) is 8.25. The van der Waals surface area contributed by atoms with Crippen molar-refractivity contribution in [2.24, 2.45) is 5.73 Å². The molecule has 0 radical (unpaired) electrons. The minimum atomic E-state index is 0.316. The third kappa shape index (κ3) is 2.85. The average Bonchev–Trinajstić information content (AvgIpc) is 2.30. The lowest BCUT2D eigenvalue weighted by molar-refractivity contribution is 0.578. The van der Waals surface area contributed by atoms with Crippen LogP contribution in [0, 0.1) is 0 Å². The molecular formula is C12H17N3S. The Balaban J connectivity index is 2.11. The van der Waals surface area contributed by atoms with E-state index in [4.69, 9.17) is 18.0 Å². The second-order valence-corrected chi connectivity index (χ2v) is 4.53. The summed E-state index contributed by atoms with van der Waals surface area (Å²) < 4.78 is 0. The van der Waals surface area contributed by atoms with Crippen LogP contribution in [0.5, 0.6) is 0 Å².